The smallest absolute Gasteiger partial charge is 0.411 e. The molecule has 1 amide bonds. The van der Waals surface area contributed by atoms with Crippen LogP contribution < -0.4 is 9.47 Å². The number of nitrogens with zero attached hydrogens (tertiary/aromatic N) is 3. The third-order valence-electron chi connectivity index (χ3n) is 5.68. The minimum absolute atomic E-state index is 0.0884. The van der Waals surface area contributed by atoms with Crippen LogP contribution >= 0.6 is 11.6 Å². The predicted octanol–water partition coefficient (Wildman–Crippen LogP) is 5.66. The van der Waals surface area contributed by atoms with E-state index in [1.54, 1.807) is 66.9 Å². The fourth-order valence-electron chi connectivity index (χ4n) is 4.34. The summed E-state index contributed by atoms with van der Waals surface area (Å²) in [5.41, 5.74) is -0.339. The zero-order valence-electron chi connectivity index (χ0n) is 23.1. The van der Waals surface area contributed by atoms with Crippen LogP contribution in [0.4, 0.5) is 4.79 Å². The highest BCUT2D eigenvalue weighted by Gasteiger charge is 2.52. The number of benzene rings is 1. The van der Waals surface area contributed by atoms with Crippen LogP contribution in [0, 0.1) is 11.8 Å². The number of aromatic nitrogens is 2. The summed E-state index contributed by atoms with van der Waals surface area (Å²) < 4.78 is 23.0. The van der Waals surface area contributed by atoms with Gasteiger partial charge in [0.2, 0.25) is 0 Å². The molecular weight excluding hydrogens is 498 g/mol. The molecule has 1 aromatic heterocycles. The predicted molar refractivity (Wildman–Crippen MR) is 141 cm³/mol. The Bertz CT molecular complexity index is 1140. The number of halogens is 1. The number of hydrogen-bond acceptors (Lipinski definition) is 8. The number of amides is 1. The third kappa shape index (κ3) is 7.37. The number of ether oxygens (including phenoxy) is 4. The number of likely N-dealkylation sites (tertiary alicyclic amines) is 1. The molecule has 0 N–H and O–H groups in total. The molecule has 2 heterocycles. The minimum Gasteiger partial charge on any atom is -0.497 e. The Kier molecular flexibility index (Phi) is 8.47. The van der Waals surface area contributed by atoms with Crippen molar-refractivity contribution in [3.63, 3.8) is 0 Å². The van der Waals surface area contributed by atoms with Crippen molar-refractivity contribution in [2.75, 3.05) is 13.7 Å². The lowest BCUT2D eigenvalue weighted by molar-refractivity contribution is -0.162. The number of methoxy groups -OCH3 is 1. The Hall–Kier alpha value is -2.81. The molecule has 0 aliphatic carbocycles. The molecule has 0 bridgehead atoms. The summed E-state index contributed by atoms with van der Waals surface area (Å²) in [6, 6.07) is 4.38. The molecule has 10 heteroatoms. The van der Waals surface area contributed by atoms with Crippen LogP contribution in [0.1, 0.15) is 61.8 Å². The first-order valence-electron chi connectivity index (χ1n) is 12.5. The van der Waals surface area contributed by atoms with Gasteiger partial charge in [-0.05, 0) is 66.0 Å². The number of fused-ring (bicyclic) bond motifs is 1. The zero-order valence-corrected chi connectivity index (χ0v) is 23.9. The molecule has 3 rings (SSSR count). The fourth-order valence-corrected chi connectivity index (χ4v) is 4.52. The first-order valence-corrected chi connectivity index (χ1v) is 12.9. The van der Waals surface area contributed by atoms with Gasteiger partial charge in [0.15, 0.2) is 5.15 Å². The van der Waals surface area contributed by atoms with Gasteiger partial charge in [0.1, 0.15) is 29.1 Å². The van der Waals surface area contributed by atoms with Crippen molar-refractivity contribution in [2.24, 2.45) is 11.8 Å². The van der Waals surface area contributed by atoms with Crippen molar-refractivity contribution in [1.29, 1.82) is 0 Å². The van der Waals surface area contributed by atoms with E-state index in [1.807, 2.05) is 0 Å². The van der Waals surface area contributed by atoms with Crippen LogP contribution in [-0.4, -0.2) is 63.9 Å². The van der Waals surface area contributed by atoms with Gasteiger partial charge in [0, 0.05) is 12.0 Å². The van der Waals surface area contributed by atoms with E-state index < -0.39 is 35.4 Å². The molecule has 1 saturated heterocycles. The third-order valence-corrected chi connectivity index (χ3v) is 5.92. The Morgan fingerprint density at radius 2 is 1.70 bits per heavy atom. The van der Waals surface area contributed by atoms with Crippen molar-refractivity contribution >= 4 is 34.7 Å². The molecule has 37 heavy (non-hydrogen) atoms. The van der Waals surface area contributed by atoms with Gasteiger partial charge in [-0.1, -0.05) is 25.4 Å². The summed E-state index contributed by atoms with van der Waals surface area (Å²) in [4.78, 5) is 37.1. The maximum Gasteiger partial charge on any atom is 0.411 e. The lowest BCUT2D eigenvalue weighted by Gasteiger charge is -2.31. The van der Waals surface area contributed by atoms with Gasteiger partial charge in [0.25, 0.3) is 5.88 Å². The molecule has 0 spiro atoms. The number of carbonyl (C=O) groups excluding carboxylic acids is 2. The molecule has 2 aromatic rings. The van der Waals surface area contributed by atoms with Gasteiger partial charge < -0.3 is 18.9 Å². The van der Waals surface area contributed by atoms with Gasteiger partial charge in [-0.25, -0.2) is 19.6 Å². The van der Waals surface area contributed by atoms with Crippen LogP contribution in [0.2, 0.25) is 5.15 Å². The van der Waals surface area contributed by atoms with E-state index in [0.29, 0.717) is 23.2 Å². The second-order valence-electron chi connectivity index (χ2n) is 11.7. The van der Waals surface area contributed by atoms with Crippen molar-refractivity contribution in [3.8, 4) is 11.6 Å². The van der Waals surface area contributed by atoms with Crippen molar-refractivity contribution in [2.45, 2.75) is 85.2 Å². The number of rotatable bonds is 6. The second kappa shape index (κ2) is 10.9. The van der Waals surface area contributed by atoms with E-state index in [4.69, 9.17) is 30.5 Å². The summed E-state index contributed by atoms with van der Waals surface area (Å²) in [7, 11) is 1.57. The summed E-state index contributed by atoms with van der Waals surface area (Å²) in [6.45, 7) is 14.9. The van der Waals surface area contributed by atoms with Crippen LogP contribution in [0.5, 0.6) is 11.6 Å². The Morgan fingerprint density at radius 3 is 2.27 bits per heavy atom. The molecule has 1 aromatic carbocycles. The number of hydrogen-bond donors (Lipinski definition) is 0. The first kappa shape index (κ1) is 28.8. The quantitative estimate of drug-likeness (QED) is 0.437. The zero-order chi connectivity index (χ0) is 27.7. The molecule has 1 unspecified atom stereocenters. The van der Waals surface area contributed by atoms with Crippen molar-refractivity contribution < 1.29 is 28.5 Å². The van der Waals surface area contributed by atoms with E-state index in [2.05, 4.69) is 23.8 Å². The van der Waals surface area contributed by atoms with Gasteiger partial charge in [0.05, 0.1) is 24.7 Å². The van der Waals surface area contributed by atoms with E-state index in [9.17, 15) is 9.59 Å². The molecule has 0 radical (unpaired) electrons. The highest BCUT2D eigenvalue weighted by molar-refractivity contribution is 6.31. The average molecular weight is 536 g/mol. The van der Waals surface area contributed by atoms with Crippen LogP contribution in [0.25, 0.3) is 11.0 Å². The minimum atomic E-state index is -0.895. The lowest BCUT2D eigenvalue weighted by atomic mass is 9.88. The number of carbonyl (C=O) groups is 2. The van der Waals surface area contributed by atoms with Crippen molar-refractivity contribution in [1.82, 2.24) is 14.9 Å². The van der Waals surface area contributed by atoms with E-state index in [1.165, 1.54) is 4.90 Å². The van der Waals surface area contributed by atoms with Crippen LogP contribution in [-0.2, 0) is 14.3 Å². The maximum atomic E-state index is 13.4. The molecular formula is C27H38ClN3O6. The van der Waals surface area contributed by atoms with Crippen molar-refractivity contribution in [3.05, 3.63) is 23.4 Å². The van der Waals surface area contributed by atoms with Gasteiger partial charge in [-0.3, -0.25) is 4.90 Å². The molecule has 0 saturated carbocycles. The van der Waals surface area contributed by atoms with Gasteiger partial charge in [-0.2, -0.15) is 0 Å². The van der Waals surface area contributed by atoms with E-state index in [-0.39, 0.29) is 29.4 Å². The topological polar surface area (TPSA) is 100 Å². The number of esters is 1. The van der Waals surface area contributed by atoms with Crippen LogP contribution in [0.15, 0.2) is 18.2 Å². The highest BCUT2D eigenvalue weighted by Crippen LogP contribution is 2.37. The lowest BCUT2D eigenvalue weighted by Crippen LogP contribution is -2.48. The van der Waals surface area contributed by atoms with E-state index in [0.717, 1.165) is 0 Å². The summed E-state index contributed by atoms with van der Waals surface area (Å²) in [5, 5.41) is 0.0884. The second-order valence-corrected chi connectivity index (χ2v) is 12.1. The summed E-state index contributed by atoms with van der Waals surface area (Å²) >= 11 is 6.45. The van der Waals surface area contributed by atoms with Gasteiger partial charge in [-0.15, -0.1) is 0 Å². The molecule has 3 atom stereocenters. The molecule has 9 nitrogen and oxygen atoms in total. The Labute approximate surface area is 223 Å². The summed E-state index contributed by atoms with van der Waals surface area (Å²) in [5.74, 6) is 0.0590. The van der Waals surface area contributed by atoms with Gasteiger partial charge >= 0.3 is 12.1 Å². The monoisotopic (exact) mass is 535 g/mol. The molecule has 1 aliphatic rings. The molecule has 204 valence electrons. The Balaban J connectivity index is 2.02. The largest absolute Gasteiger partial charge is 0.497 e. The standard InChI is InChI=1S/C27H38ClN3O6/c1-15(2)12-17-20(35-23-22(28)29-18-11-10-16(34-9)13-19(18)30-23)14-31(25(33)37-27(6,7)8)21(17)24(32)36-26(3,4)5/h10-11,13,15,17,20-21H,12,14H2,1-9H3/t17?,20-,21-/m0/s1. The highest BCUT2D eigenvalue weighted by atomic mass is 35.5. The Morgan fingerprint density at radius 1 is 1.05 bits per heavy atom. The SMILES string of the molecule is COc1ccc2nc(Cl)c(O[C@H]3CN(C(=O)OC(C)(C)C)[C@H](C(=O)OC(C)(C)C)C3CC(C)C)nc2c1. The fraction of sp³-hybridized carbons (Fsp3) is 0.630. The summed E-state index contributed by atoms with van der Waals surface area (Å²) in [6.07, 6.45) is -0.605. The first-order chi connectivity index (χ1) is 17.1. The van der Waals surface area contributed by atoms with Crippen LogP contribution in [0.3, 0.4) is 0 Å². The average Bonchev–Trinajstić information content (AvgIpc) is 3.09. The molecule has 1 aliphatic heterocycles. The van der Waals surface area contributed by atoms with E-state index >= 15 is 0 Å². The normalized spacial score (nSPS) is 20.3. The molecule has 1 fully saturated rings. The maximum absolute atomic E-state index is 13.4.